The van der Waals surface area contributed by atoms with E-state index in [4.69, 9.17) is 4.74 Å². The third-order valence-corrected chi connectivity index (χ3v) is 4.14. The summed E-state index contributed by atoms with van der Waals surface area (Å²) in [6, 6.07) is 5.41. The van der Waals surface area contributed by atoms with E-state index in [1.807, 2.05) is 13.0 Å². The molecule has 1 amide bonds. The van der Waals surface area contributed by atoms with Gasteiger partial charge in [-0.2, -0.15) is 0 Å². The normalized spacial score (nSPS) is 10.4. The number of nitrogens with one attached hydrogen (secondary N) is 2. The lowest BCUT2D eigenvalue weighted by atomic mass is 10.2. The molecule has 0 aliphatic carbocycles. The number of aryl methyl sites for hydroxylation is 2. The highest BCUT2D eigenvalue weighted by Gasteiger charge is 2.11. The molecule has 1 heterocycles. The highest BCUT2D eigenvalue weighted by molar-refractivity contribution is 7.99. The minimum atomic E-state index is -1.27. The van der Waals surface area contributed by atoms with Gasteiger partial charge < -0.3 is 20.0 Å². The number of H-pyrrole nitrogens is 1. The maximum Gasteiger partial charge on any atom is 0.273 e. The highest BCUT2D eigenvalue weighted by atomic mass is 32.2. The molecule has 0 spiro atoms. The van der Waals surface area contributed by atoms with Crippen molar-refractivity contribution in [1.29, 1.82) is 0 Å². The van der Waals surface area contributed by atoms with E-state index in [1.54, 1.807) is 12.1 Å². The zero-order valence-electron chi connectivity index (χ0n) is 14.2. The molecule has 9 nitrogen and oxygen atoms in total. The van der Waals surface area contributed by atoms with Crippen LogP contribution in [-0.2, 0) is 16.0 Å². The molecule has 0 saturated heterocycles. The Balaban J connectivity index is 1.95. The van der Waals surface area contributed by atoms with E-state index in [1.165, 1.54) is 7.11 Å². The number of hydrogen-bond acceptors (Lipinski definition) is 8. The lowest BCUT2D eigenvalue weighted by Crippen LogP contribution is -2.25. The summed E-state index contributed by atoms with van der Waals surface area (Å²) in [4.78, 5) is 36.8. The highest BCUT2D eigenvalue weighted by Crippen LogP contribution is 2.25. The van der Waals surface area contributed by atoms with Crippen LogP contribution in [0.5, 0.6) is 5.75 Å². The van der Waals surface area contributed by atoms with Gasteiger partial charge in [-0.25, -0.2) is 0 Å². The number of aromatic nitrogens is 3. The number of carboxylic acids is 1. The van der Waals surface area contributed by atoms with Gasteiger partial charge in [0.1, 0.15) is 11.4 Å². The maximum atomic E-state index is 12.1. The summed E-state index contributed by atoms with van der Waals surface area (Å²) in [5.41, 5.74) is 0.989. The van der Waals surface area contributed by atoms with Crippen LogP contribution < -0.4 is 20.7 Å². The molecule has 0 saturated carbocycles. The number of anilines is 1. The molecule has 0 unspecified atom stereocenters. The number of methoxy groups -OCH3 is 1. The number of benzene rings is 1. The average molecular weight is 377 g/mol. The number of carboxylic acid groups (broad SMARTS) is 1. The third kappa shape index (κ3) is 5.59. The fourth-order valence-electron chi connectivity index (χ4n) is 2.03. The molecular weight excluding hydrogens is 360 g/mol. The first-order valence-electron chi connectivity index (χ1n) is 7.62. The Morgan fingerprint density at radius 2 is 2.12 bits per heavy atom. The van der Waals surface area contributed by atoms with Crippen LogP contribution in [0.3, 0.4) is 0 Å². The van der Waals surface area contributed by atoms with Crippen molar-refractivity contribution in [2.45, 2.75) is 24.9 Å². The maximum absolute atomic E-state index is 12.1. The molecule has 138 valence electrons. The predicted molar refractivity (Wildman–Crippen MR) is 93.1 cm³/mol. The average Bonchev–Trinajstić information content (AvgIpc) is 2.59. The molecule has 0 aliphatic heterocycles. The number of carbonyl (C=O) groups is 2. The Kier molecular flexibility index (Phi) is 6.73. The zero-order valence-corrected chi connectivity index (χ0v) is 15.0. The minimum absolute atomic E-state index is 0.000108. The van der Waals surface area contributed by atoms with Crippen molar-refractivity contribution in [3.8, 4) is 5.75 Å². The molecule has 26 heavy (non-hydrogen) atoms. The van der Waals surface area contributed by atoms with Crippen molar-refractivity contribution in [2.24, 2.45) is 0 Å². The van der Waals surface area contributed by atoms with Gasteiger partial charge in [-0.15, -0.1) is 10.2 Å². The lowest BCUT2D eigenvalue weighted by molar-refractivity contribution is -0.305. The molecule has 2 N–H and O–H groups in total. The van der Waals surface area contributed by atoms with E-state index in [0.717, 1.165) is 17.3 Å². The van der Waals surface area contributed by atoms with E-state index in [0.29, 0.717) is 11.4 Å². The van der Waals surface area contributed by atoms with E-state index in [2.05, 4.69) is 20.5 Å². The quantitative estimate of drug-likeness (QED) is 0.608. The number of rotatable bonds is 8. The first-order valence-corrected chi connectivity index (χ1v) is 8.60. The van der Waals surface area contributed by atoms with Crippen LogP contribution in [0.25, 0.3) is 0 Å². The second-order valence-corrected chi connectivity index (χ2v) is 6.28. The number of thioether (sulfide) groups is 1. The minimum Gasteiger partial charge on any atom is -0.550 e. The van der Waals surface area contributed by atoms with Gasteiger partial charge in [0.05, 0.1) is 18.6 Å². The van der Waals surface area contributed by atoms with Gasteiger partial charge in [0.25, 0.3) is 5.56 Å². The van der Waals surface area contributed by atoms with Crippen LogP contribution in [0.2, 0.25) is 0 Å². The monoisotopic (exact) mass is 377 g/mol. The molecule has 0 aliphatic rings. The molecule has 1 aromatic heterocycles. The van der Waals surface area contributed by atoms with Crippen LogP contribution in [0.4, 0.5) is 5.69 Å². The van der Waals surface area contributed by atoms with Crippen LogP contribution in [0.15, 0.2) is 28.2 Å². The molecule has 0 atom stereocenters. The molecular formula is C16H17N4O5S-. The summed E-state index contributed by atoms with van der Waals surface area (Å²) in [6.07, 6.45) is -0.381. The van der Waals surface area contributed by atoms with Crippen molar-refractivity contribution in [1.82, 2.24) is 15.2 Å². The Labute approximate surface area is 153 Å². The molecule has 0 bridgehead atoms. The largest absolute Gasteiger partial charge is 0.550 e. The van der Waals surface area contributed by atoms with Crippen LogP contribution in [-0.4, -0.2) is 39.9 Å². The van der Waals surface area contributed by atoms with E-state index < -0.39 is 11.5 Å². The fraction of sp³-hybridized carbons (Fsp3) is 0.312. The molecule has 1 aromatic carbocycles. The van der Waals surface area contributed by atoms with Crippen LogP contribution >= 0.6 is 11.8 Å². The molecule has 0 fully saturated rings. The fourth-order valence-corrected chi connectivity index (χ4v) is 2.64. The number of nitrogens with zero attached hydrogens (tertiary/aromatic N) is 2. The SMILES string of the molecule is COc1ccc(C)cc1NC(=O)CSc1nnc(CCC(=O)[O-])c(=O)[nH]1. The van der Waals surface area contributed by atoms with Crippen molar-refractivity contribution >= 4 is 29.3 Å². The number of carbonyl (C=O) groups excluding carboxylic acids is 2. The number of ether oxygens (including phenoxy) is 1. The van der Waals surface area contributed by atoms with Crippen molar-refractivity contribution < 1.29 is 19.4 Å². The summed E-state index contributed by atoms with van der Waals surface area (Å²) in [5.74, 6) is -1.03. The third-order valence-electron chi connectivity index (χ3n) is 3.28. The molecule has 2 rings (SSSR count). The van der Waals surface area contributed by atoms with Crippen LogP contribution in [0, 0.1) is 6.92 Å². The zero-order chi connectivity index (χ0) is 19.1. The Bertz CT molecular complexity index is 868. The van der Waals surface area contributed by atoms with E-state index in [9.17, 15) is 19.5 Å². The molecule has 0 radical (unpaired) electrons. The first-order chi connectivity index (χ1) is 12.4. The Morgan fingerprint density at radius 3 is 2.77 bits per heavy atom. The second kappa shape index (κ2) is 8.99. The number of aromatic amines is 1. The second-order valence-electron chi connectivity index (χ2n) is 5.32. The number of amides is 1. The van der Waals surface area contributed by atoms with Crippen molar-refractivity contribution in [2.75, 3.05) is 18.2 Å². The number of hydrogen-bond donors (Lipinski definition) is 2. The van der Waals surface area contributed by atoms with Gasteiger partial charge in [-0.05, 0) is 31.0 Å². The lowest BCUT2D eigenvalue weighted by Gasteiger charge is -2.10. The molecule has 10 heteroatoms. The smallest absolute Gasteiger partial charge is 0.273 e. The summed E-state index contributed by atoms with van der Waals surface area (Å²) < 4.78 is 5.20. The number of aliphatic carboxylic acids is 1. The van der Waals surface area contributed by atoms with Crippen molar-refractivity contribution in [3.05, 3.63) is 39.8 Å². The standard InChI is InChI=1S/C16H18N4O5S/c1-9-3-5-12(25-2)11(7-9)17-13(21)8-26-16-18-15(24)10(19-20-16)4-6-14(22)23/h3,5,7H,4,6,8H2,1-2H3,(H,17,21)(H,22,23)(H,18,20,24)/p-1. The Hall–Kier alpha value is -2.88. The van der Waals surface area contributed by atoms with Gasteiger partial charge in [0.15, 0.2) is 5.16 Å². The topological polar surface area (TPSA) is 137 Å². The first kappa shape index (κ1) is 19.4. The van der Waals surface area contributed by atoms with Gasteiger partial charge in [-0.3, -0.25) is 14.6 Å². The van der Waals surface area contributed by atoms with Crippen molar-refractivity contribution in [3.63, 3.8) is 0 Å². The summed E-state index contributed by atoms with van der Waals surface area (Å²) in [7, 11) is 1.51. The summed E-state index contributed by atoms with van der Waals surface area (Å²) >= 11 is 1.00. The predicted octanol–water partition coefficient (Wildman–Crippen LogP) is -0.105. The van der Waals surface area contributed by atoms with E-state index in [-0.39, 0.29) is 35.4 Å². The van der Waals surface area contributed by atoms with E-state index >= 15 is 0 Å². The van der Waals surface area contributed by atoms with Gasteiger partial charge in [-0.1, -0.05) is 17.8 Å². The summed E-state index contributed by atoms with van der Waals surface area (Å²) in [5, 5.41) is 20.8. The van der Waals surface area contributed by atoms with Gasteiger partial charge in [0.2, 0.25) is 5.91 Å². The molecule has 2 aromatic rings. The van der Waals surface area contributed by atoms with Gasteiger partial charge in [0, 0.05) is 12.4 Å². The Morgan fingerprint density at radius 1 is 1.35 bits per heavy atom. The van der Waals surface area contributed by atoms with Crippen LogP contribution in [0.1, 0.15) is 17.7 Å². The summed E-state index contributed by atoms with van der Waals surface area (Å²) in [6.45, 7) is 1.89. The van der Waals surface area contributed by atoms with Gasteiger partial charge >= 0.3 is 0 Å².